The number of ether oxygens (including phenoxy) is 1. The second-order valence-corrected chi connectivity index (χ2v) is 5.73. The number of amides is 1. The number of para-hydroxylation sites is 1. The Balaban J connectivity index is 1.65. The highest BCUT2D eigenvalue weighted by Gasteiger charge is 2.24. The van der Waals surface area contributed by atoms with Crippen LogP contribution in [0.2, 0.25) is 0 Å². The average Bonchev–Trinajstić information content (AvgIpc) is 2.56. The summed E-state index contributed by atoms with van der Waals surface area (Å²) in [5, 5.41) is 3.13. The number of rotatable bonds is 4. The molecule has 114 valence electrons. The highest BCUT2D eigenvalue weighted by atomic mass is 16.5. The molecule has 0 spiro atoms. The van der Waals surface area contributed by atoms with Crippen LogP contribution in [-0.4, -0.2) is 12.0 Å². The molecule has 1 aliphatic carbocycles. The normalized spacial score (nSPS) is 18.1. The lowest BCUT2D eigenvalue weighted by atomic mass is 9.87. The number of carbonyl (C=O) groups excluding carboxylic acids is 1. The molecule has 1 amide bonds. The molecule has 2 aromatic carbocycles. The van der Waals surface area contributed by atoms with Gasteiger partial charge in [0.25, 0.3) is 5.91 Å². The second-order valence-electron chi connectivity index (χ2n) is 5.73. The molecule has 3 nitrogen and oxygen atoms in total. The minimum Gasteiger partial charge on any atom is -0.481 e. The van der Waals surface area contributed by atoms with Gasteiger partial charge in [0.1, 0.15) is 5.75 Å². The Labute approximate surface area is 131 Å². The van der Waals surface area contributed by atoms with E-state index in [0.717, 1.165) is 19.3 Å². The molecule has 0 saturated carbocycles. The van der Waals surface area contributed by atoms with Gasteiger partial charge in [-0.25, -0.2) is 0 Å². The summed E-state index contributed by atoms with van der Waals surface area (Å²) in [5.41, 5.74) is 2.59. The molecule has 0 fully saturated rings. The molecule has 0 heterocycles. The summed E-state index contributed by atoms with van der Waals surface area (Å²) < 4.78 is 5.69. The smallest absolute Gasteiger partial charge is 0.261 e. The molecule has 0 aromatic heterocycles. The van der Waals surface area contributed by atoms with E-state index in [1.54, 1.807) is 6.92 Å². The van der Waals surface area contributed by atoms with Crippen LogP contribution in [0.25, 0.3) is 0 Å². The standard InChI is InChI=1S/C19H21NO2/c1-14(22-16-10-3-2-4-11-16)19(21)20-18-13-7-9-15-8-5-6-12-17(15)18/h2-6,8,10-12,14,18H,7,9,13H2,1H3,(H,20,21)/t14-,18-/m1/s1. The van der Waals surface area contributed by atoms with Gasteiger partial charge in [-0.2, -0.15) is 0 Å². The number of hydrogen-bond acceptors (Lipinski definition) is 2. The van der Waals surface area contributed by atoms with E-state index in [-0.39, 0.29) is 11.9 Å². The van der Waals surface area contributed by atoms with Crippen molar-refractivity contribution in [2.75, 3.05) is 0 Å². The number of nitrogens with one attached hydrogen (secondary N) is 1. The van der Waals surface area contributed by atoms with Gasteiger partial charge in [-0.3, -0.25) is 4.79 Å². The Morgan fingerprint density at radius 1 is 1.14 bits per heavy atom. The van der Waals surface area contributed by atoms with Crippen LogP contribution in [0.4, 0.5) is 0 Å². The predicted octanol–water partition coefficient (Wildman–Crippen LogP) is 3.65. The third-order valence-electron chi connectivity index (χ3n) is 4.11. The van der Waals surface area contributed by atoms with Gasteiger partial charge in [0, 0.05) is 0 Å². The minimum absolute atomic E-state index is 0.0643. The maximum Gasteiger partial charge on any atom is 0.261 e. The van der Waals surface area contributed by atoms with E-state index in [2.05, 4.69) is 23.5 Å². The van der Waals surface area contributed by atoms with Crippen molar-refractivity contribution >= 4 is 5.91 Å². The van der Waals surface area contributed by atoms with E-state index >= 15 is 0 Å². The summed E-state index contributed by atoms with van der Waals surface area (Å²) in [6, 6.07) is 17.9. The van der Waals surface area contributed by atoms with Crippen molar-refractivity contribution in [3.8, 4) is 5.75 Å². The van der Waals surface area contributed by atoms with Crippen LogP contribution in [0.5, 0.6) is 5.75 Å². The van der Waals surface area contributed by atoms with Crippen molar-refractivity contribution in [1.29, 1.82) is 0 Å². The molecule has 2 atom stereocenters. The van der Waals surface area contributed by atoms with Gasteiger partial charge in [-0.05, 0) is 49.4 Å². The van der Waals surface area contributed by atoms with Crippen LogP contribution in [0, 0.1) is 0 Å². The van der Waals surface area contributed by atoms with Gasteiger partial charge in [0.2, 0.25) is 0 Å². The molecule has 0 radical (unpaired) electrons. The lowest BCUT2D eigenvalue weighted by Crippen LogP contribution is -2.39. The van der Waals surface area contributed by atoms with Crippen LogP contribution < -0.4 is 10.1 Å². The van der Waals surface area contributed by atoms with Crippen LogP contribution in [0.1, 0.15) is 36.9 Å². The minimum atomic E-state index is -0.503. The Kier molecular flexibility index (Phi) is 4.42. The number of carbonyl (C=O) groups is 1. The molecule has 0 bridgehead atoms. The highest BCUT2D eigenvalue weighted by molar-refractivity contribution is 5.81. The van der Waals surface area contributed by atoms with E-state index in [1.165, 1.54) is 11.1 Å². The number of aryl methyl sites for hydroxylation is 1. The first-order valence-corrected chi connectivity index (χ1v) is 7.84. The molecule has 3 heteroatoms. The first-order valence-electron chi connectivity index (χ1n) is 7.84. The lowest BCUT2D eigenvalue weighted by Gasteiger charge is -2.27. The zero-order valence-corrected chi connectivity index (χ0v) is 12.8. The monoisotopic (exact) mass is 295 g/mol. The first-order chi connectivity index (χ1) is 10.7. The molecule has 1 aliphatic rings. The van der Waals surface area contributed by atoms with Gasteiger partial charge in [-0.15, -0.1) is 0 Å². The Hall–Kier alpha value is -2.29. The van der Waals surface area contributed by atoms with Crippen molar-refractivity contribution in [3.63, 3.8) is 0 Å². The molecule has 2 aromatic rings. The quantitative estimate of drug-likeness (QED) is 0.935. The fourth-order valence-electron chi connectivity index (χ4n) is 2.95. The second kappa shape index (κ2) is 6.65. The molecule has 3 rings (SSSR count). The Morgan fingerprint density at radius 3 is 2.68 bits per heavy atom. The number of benzene rings is 2. The van der Waals surface area contributed by atoms with Crippen molar-refractivity contribution in [2.24, 2.45) is 0 Å². The summed E-state index contributed by atoms with van der Waals surface area (Å²) in [6.45, 7) is 1.79. The predicted molar refractivity (Wildman–Crippen MR) is 86.8 cm³/mol. The SMILES string of the molecule is C[C@@H](Oc1ccccc1)C(=O)N[C@@H]1CCCc2ccccc21. The van der Waals surface area contributed by atoms with E-state index < -0.39 is 6.10 Å². The van der Waals surface area contributed by atoms with Gasteiger partial charge in [-0.1, -0.05) is 42.5 Å². The van der Waals surface area contributed by atoms with Crippen molar-refractivity contribution in [2.45, 2.75) is 38.3 Å². The van der Waals surface area contributed by atoms with Gasteiger partial charge in [0.05, 0.1) is 6.04 Å². The zero-order chi connectivity index (χ0) is 15.4. The molecular formula is C19H21NO2. The fraction of sp³-hybridized carbons (Fsp3) is 0.316. The van der Waals surface area contributed by atoms with E-state index in [1.807, 2.05) is 36.4 Å². The van der Waals surface area contributed by atoms with Gasteiger partial charge in [0.15, 0.2) is 6.10 Å². The van der Waals surface area contributed by atoms with E-state index in [0.29, 0.717) is 5.75 Å². The molecule has 0 unspecified atom stereocenters. The van der Waals surface area contributed by atoms with Crippen LogP contribution >= 0.6 is 0 Å². The Bertz CT molecular complexity index is 639. The lowest BCUT2D eigenvalue weighted by molar-refractivity contribution is -0.128. The van der Waals surface area contributed by atoms with E-state index in [9.17, 15) is 4.79 Å². The largest absolute Gasteiger partial charge is 0.481 e. The topological polar surface area (TPSA) is 38.3 Å². The summed E-state index contributed by atoms with van der Waals surface area (Å²) >= 11 is 0. The average molecular weight is 295 g/mol. The van der Waals surface area contributed by atoms with Crippen molar-refractivity contribution in [1.82, 2.24) is 5.32 Å². The van der Waals surface area contributed by atoms with Crippen molar-refractivity contribution in [3.05, 3.63) is 65.7 Å². The molecule has 0 aliphatic heterocycles. The molecule has 0 saturated heterocycles. The number of hydrogen-bond donors (Lipinski definition) is 1. The summed E-state index contributed by atoms with van der Waals surface area (Å²) in [6.07, 6.45) is 2.69. The van der Waals surface area contributed by atoms with Crippen LogP contribution in [-0.2, 0) is 11.2 Å². The maximum absolute atomic E-state index is 12.4. The third kappa shape index (κ3) is 3.30. The number of fused-ring (bicyclic) bond motifs is 1. The Morgan fingerprint density at radius 2 is 1.86 bits per heavy atom. The van der Waals surface area contributed by atoms with Crippen LogP contribution in [0.3, 0.4) is 0 Å². The van der Waals surface area contributed by atoms with Gasteiger partial charge < -0.3 is 10.1 Å². The van der Waals surface area contributed by atoms with Crippen molar-refractivity contribution < 1.29 is 9.53 Å². The van der Waals surface area contributed by atoms with E-state index in [4.69, 9.17) is 4.74 Å². The molecular weight excluding hydrogens is 274 g/mol. The van der Waals surface area contributed by atoms with Gasteiger partial charge >= 0.3 is 0 Å². The fourth-order valence-corrected chi connectivity index (χ4v) is 2.95. The maximum atomic E-state index is 12.4. The summed E-state index contributed by atoms with van der Waals surface area (Å²) in [5.74, 6) is 0.653. The first kappa shape index (κ1) is 14.6. The summed E-state index contributed by atoms with van der Waals surface area (Å²) in [4.78, 5) is 12.4. The highest BCUT2D eigenvalue weighted by Crippen LogP contribution is 2.29. The molecule has 1 N–H and O–H groups in total. The molecule has 22 heavy (non-hydrogen) atoms. The zero-order valence-electron chi connectivity index (χ0n) is 12.8. The summed E-state index contributed by atoms with van der Waals surface area (Å²) in [7, 11) is 0. The van der Waals surface area contributed by atoms with Crippen LogP contribution in [0.15, 0.2) is 54.6 Å². The third-order valence-corrected chi connectivity index (χ3v) is 4.11.